The molecule has 2 aromatic rings. The number of pyridine rings is 1. The van der Waals surface area contributed by atoms with Gasteiger partial charge in [0.25, 0.3) is 5.91 Å². The molecule has 3 rings (SSSR count). The molecule has 170 valence electrons. The van der Waals surface area contributed by atoms with Crippen LogP contribution in [-0.4, -0.2) is 71.2 Å². The summed E-state index contributed by atoms with van der Waals surface area (Å²) in [5.74, 6) is 0.167. The standard InChI is InChI=1S/C25H32N4O3/c1-5-9-28(4)15-23-17(2)14-29(18(3)16-30)25(31)22-11-21(13-27-24(22)32-23)20-8-6-7-19(10-20)12-26/h6-8,10-11,13,17-18,23,30H,5,9,14-16H2,1-4H3/t17-,18-,23+/m0/s1. The second-order valence-electron chi connectivity index (χ2n) is 8.65. The number of carbonyl (C=O) groups is 1. The molecule has 0 bridgehead atoms. The fraction of sp³-hybridized carbons (Fsp3) is 0.480. The van der Waals surface area contributed by atoms with Gasteiger partial charge in [0.2, 0.25) is 5.88 Å². The van der Waals surface area contributed by atoms with Crippen LogP contribution in [0.2, 0.25) is 0 Å². The average Bonchev–Trinajstić information content (AvgIpc) is 2.80. The van der Waals surface area contributed by atoms with Gasteiger partial charge in [0.15, 0.2) is 0 Å². The Labute approximate surface area is 190 Å². The Kier molecular flexibility index (Phi) is 7.84. The van der Waals surface area contributed by atoms with Crippen LogP contribution in [0.15, 0.2) is 36.5 Å². The number of nitriles is 1. The van der Waals surface area contributed by atoms with Crippen molar-refractivity contribution < 1.29 is 14.6 Å². The van der Waals surface area contributed by atoms with E-state index >= 15 is 0 Å². The maximum absolute atomic E-state index is 13.5. The Hall–Kier alpha value is -2.95. The van der Waals surface area contributed by atoms with Crippen molar-refractivity contribution in [3.05, 3.63) is 47.7 Å². The zero-order valence-electron chi connectivity index (χ0n) is 19.3. The van der Waals surface area contributed by atoms with E-state index in [1.807, 2.05) is 19.1 Å². The molecule has 1 aromatic carbocycles. The van der Waals surface area contributed by atoms with Gasteiger partial charge in [-0.05, 0) is 50.7 Å². The molecule has 0 spiro atoms. The van der Waals surface area contributed by atoms with Gasteiger partial charge >= 0.3 is 0 Å². The van der Waals surface area contributed by atoms with Gasteiger partial charge in [0.05, 0.1) is 24.3 Å². The highest BCUT2D eigenvalue weighted by Crippen LogP contribution is 2.30. The lowest BCUT2D eigenvalue weighted by molar-refractivity contribution is 0.0331. The van der Waals surface area contributed by atoms with E-state index in [0.29, 0.717) is 23.6 Å². The Morgan fingerprint density at radius 3 is 2.84 bits per heavy atom. The predicted octanol–water partition coefficient (Wildman–Crippen LogP) is 3.18. The summed E-state index contributed by atoms with van der Waals surface area (Å²) in [6.07, 6.45) is 2.58. The summed E-state index contributed by atoms with van der Waals surface area (Å²) in [6.45, 7) is 8.10. The Balaban J connectivity index is 2.04. The molecule has 7 heteroatoms. The molecule has 3 atom stereocenters. The molecule has 2 heterocycles. The smallest absolute Gasteiger partial charge is 0.259 e. The molecule has 1 aromatic heterocycles. The van der Waals surface area contributed by atoms with E-state index in [-0.39, 0.29) is 30.6 Å². The number of fused-ring (bicyclic) bond motifs is 1. The molecule has 0 saturated carbocycles. The van der Waals surface area contributed by atoms with Crippen LogP contribution in [0.1, 0.15) is 43.1 Å². The van der Waals surface area contributed by atoms with E-state index in [1.165, 1.54) is 0 Å². The van der Waals surface area contributed by atoms with Gasteiger partial charge in [-0.15, -0.1) is 0 Å². The molecule has 32 heavy (non-hydrogen) atoms. The summed E-state index contributed by atoms with van der Waals surface area (Å²) in [7, 11) is 2.07. The second-order valence-corrected chi connectivity index (χ2v) is 8.65. The van der Waals surface area contributed by atoms with Crippen molar-refractivity contribution in [3.63, 3.8) is 0 Å². The minimum atomic E-state index is -0.324. The van der Waals surface area contributed by atoms with Gasteiger partial charge in [-0.25, -0.2) is 4.98 Å². The number of ether oxygens (including phenoxy) is 1. The monoisotopic (exact) mass is 436 g/mol. The first kappa shape index (κ1) is 23.7. The van der Waals surface area contributed by atoms with Crippen molar-refractivity contribution in [3.8, 4) is 23.1 Å². The average molecular weight is 437 g/mol. The van der Waals surface area contributed by atoms with Crippen LogP contribution in [0.25, 0.3) is 11.1 Å². The third-order valence-corrected chi connectivity index (χ3v) is 5.94. The lowest BCUT2D eigenvalue weighted by Crippen LogP contribution is -2.50. The molecule has 0 fully saturated rings. The molecular formula is C25H32N4O3. The SMILES string of the molecule is CCCN(C)C[C@H]1Oc2ncc(-c3cccc(C#N)c3)cc2C(=O)N([C@@H](C)CO)C[C@@H]1C. The fourth-order valence-corrected chi connectivity index (χ4v) is 4.03. The predicted molar refractivity (Wildman–Crippen MR) is 123 cm³/mol. The molecule has 0 unspecified atom stereocenters. The fourth-order valence-electron chi connectivity index (χ4n) is 4.03. The van der Waals surface area contributed by atoms with Crippen LogP contribution in [0.3, 0.4) is 0 Å². The lowest BCUT2D eigenvalue weighted by Gasteiger charge is -2.37. The van der Waals surface area contributed by atoms with E-state index in [9.17, 15) is 15.2 Å². The molecule has 0 saturated heterocycles. The first-order chi connectivity index (χ1) is 15.4. The second kappa shape index (κ2) is 10.6. The quantitative estimate of drug-likeness (QED) is 0.717. The van der Waals surface area contributed by atoms with Crippen molar-refractivity contribution in [2.24, 2.45) is 5.92 Å². The van der Waals surface area contributed by atoms with Crippen LogP contribution >= 0.6 is 0 Å². The summed E-state index contributed by atoms with van der Waals surface area (Å²) >= 11 is 0. The molecule has 1 aliphatic rings. The van der Waals surface area contributed by atoms with Gasteiger partial charge in [-0.2, -0.15) is 5.26 Å². The molecule has 1 aliphatic heterocycles. The third kappa shape index (κ3) is 5.26. The molecule has 1 amide bonds. The number of rotatable bonds is 7. The molecule has 0 radical (unpaired) electrons. The van der Waals surface area contributed by atoms with E-state index < -0.39 is 0 Å². The largest absolute Gasteiger partial charge is 0.472 e. The minimum Gasteiger partial charge on any atom is -0.472 e. The summed E-state index contributed by atoms with van der Waals surface area (Å²) in [5, 5.41) is 19.0. The number of amides is 1. The van der Waals surface area contributed by atoms with Crippen molar-refractivity contribution in [1.82, 2.24) is 14.8 Å². The molecule has 0 aliphatic carbocycles. The van der Waals surface area contributed by atoms with E-state index in [4.69, 9.17) is 4.74 Å². The van der Waals surface area contributed by atoms with E-state index in [0.717, 1.165) is 30.6 Å². The lowest BCUT2D eigenvalue weighted by atomic mass is 9.98. The van der Waals surface area contributed by atoms with Crippen LogP contribution in [0.5, 0.6) is 5.88 Å². The number of hydrogen-bond acceptors (Lipinski definition) is 6. The summed E-state index contributed by atoms with van der Waals surface area (Å²) in [5.41, 5.74) is 2.46. The van der Waals surface area contributed by atoms with Gasteiger partial charge in [-0.1, -0.05) is 26.0 Å². The number of aliphatic hydroxyl groups excluding tert-OH is 1. The first-order valence-corrected chi connectivity index (χ1v) is 11.2. The van der Waals surface area contributed by atoms with E-state index in [1.54, 1.807) is 29.3 Å². The highest BCUT2D eigenvalue weighted by atomic mass is 16.5. The van der Waals surface area contributed by atoms with E-state index in [2.05, 4.69) is 36.8 Å². The number of hydrogen-bond donors (Lipinski definition) is 1. The van der Waals surface area contributed by atoms with Crippen LogP contribution < -0.4 is 4.74 Å². The highest BCUT2D eigenvalue weighted by molar-refractivity contribution is 5.98. The zero-order valence-corrected chi connectivity index (χ0v) is 19.3. The third-order valence-electron chi connectivity index (χ3n) is 5.94. The zero-order chi connectivity index (χ0) is 23.3. The maximum Gasteiger partial charge on any atom is 0.259 e. The van der Waals surface area contributed by atoms with Crippen LogP contribution in [0.4, 0.5) is 0 Å². The number of benzene rings is 1. The van der Waals surface area contributed by atoms with Crippen LogP contribution in [0, 0.1) is 17.2 Å². The summed E-state index contributed by atoms with van der Waals surface area (Å²) in [4.78, 5) is 22.0. The summed E-state index contributed by atoms with van der Waals surface area (Å²) < 4.78 is 6.32. The molecule has 7 nitrogen and oxygen atoms in total. The Morgan fingerprint density at radius 2 is 2.16 bits per heavy atom. The number of aromatic nitrogens is 1. The first-order valence-electron chi connectivity index (χ1n) is 11.2. The number of carbonyl (C=O) groups excluding carboxylic acids is 1. The van der Waals surface area contributed by atoms with Crippen molar-refractivity contribution in [2.45, 2.75) is 39.3 Å². The molecular weight excluding hydrogens is 404 g/mol. The van der Waals surface area contributed by atoms with Gasteiger partial charge in [0.1, 0.15) is 11.7 Å². The summed E-state index contributed by atoms with van der Waals surface area (Å²) in [6, 6.07) is 10.8. The molecule has 1 N–H and O–H groups in total. The number of likely N-dealkylation sites (N-methyl/N-ethyl adjacent to an activating group) is 1. The Bertz CT molecular complexity index is 987. The number of nitrogens with zero attached hydrogens (tertiary/aromatic N) is 4. The van der Waals surface area contributed by atoms with Gasteiger partial charge in [0, 0.05) is 30.8 Å². The normalized spacial score (nSPS) is 19.5. The van der Waals surface area contributed by atoms with Gasteiger partial charge < -0.3 is 19.6 Å². The maximum atomic E-state index is 13.5. The van der Waals surface area contributed by atoms with Crippen molar-refractivity contribution in [1.29, 1.82) is 5.26 Å². The topological polar surface area (TPSA) is 89.7 Å². The van der Waals surface area contributed by atoms with Gasteiger partial charge in [-0.3, -0.25) is 4.79 Å². The highest BCUT2D eigenvalue weighted by Gasteiger charge is 2.34. The number of aliphatic hydroxyl groups is 1. The van der Waals surface area contributed by atoms with Crippen LogP contribution in [-0.2, 0) is 0 Å². The van der Waals surface area contributed by atoms with Crippen molar-refractivity contribution >= 4 is 5.91 Å². The minimum absolute atomic E-state index is 0.0641. The van der Waals surface area contributed by atoms with Crippen molar-refractivity contribution in [2.75, 3.05) is 33.3 Å². The Morgan fingerprint density at radius 1 is 1.38 bits per heavy atom.